The number of amides is 1. The molecule has 0 unspecified atom stereocenters. The molecule has 0 saturated carbocycles. The van der Waals surface area contributed by atoms with Crippen LogP contribution in [0.1, 0.15) is 10.4 Å². The molecule has 2 aromatic rings. The molecule has 0 saturated heterocycles. The second-order valence-corrected chi connectivity index (χ2v) is 3.78. The van der Waals surface area contributed by atoms with Crippen molar-refractivity contribution < 1.29 is 4.79 Å². The highest BCUT2D eigenvalue weighted by atomic mass is 35.5. The summed E-state index contributed by atoms with van der Waals surface area (Å²) < 4.78 is 0. The molecule has 0 aliphatic rings. The zero-order valence-corrected chi connectivity index (χ0v) is 9.63. The summed E-state index contributed by atoms with van der Waals surface area (Å²) in [6.45, 7) is 0. The maximum absolute atomic E-state index is 11.6. The van der Waals surface area contributed by atoms with Crippen molar-refractivity contribution in [1.82, 2.24) is 0 Å². The first-order valence-corrected chi connectivity index (χ1v) is 5.40. The van der Waals surface area contributed by atoms with Crippen LogP contribution in [-0.2, 0) is 0 Å². The number of carbonyl (C=O) groups is 1. The van der Waals surface area contributed by atoms with Gasteiger partial charge in [0.1, 0.15) is 0 Å². The summed E-state index contributed by atoms with van der Waals surface area (Å²) in [5.74, 6) is -0.361. The van der Waals surface area contributed by atoms with Crippen molar-refractivity contribution in [3.8, 4) is 0 Å². The van der Waals surface area contributed by atoms with Gasteiger partial charge in [0.05, 0.1) is 5.69 Å². The highest BCUT2D eigenvalue weighted by Crippen LogP contribution is 2.16. The van der Waals surface area contributed by atoms with Crippen LogP contribution in [0.3, 0.4) is 0 Å². The summed E-state index contributed by atoms with van der Waals surface area (Å²) in [6, 6.07) is 15.6. The molecule has 4 heteroatoms. The van der Waals surface area contributed by atoms with E-state index >= 15 is 0 Å². The average Bonchev–Trinajstić information content (AvgIpc) is 2.39. The summed E-state index contributed by atoms with van der Waals surface area (Å²) in [5, 5.41) is 8.10. The van der Waals surface area contributed by atoms with Gasteiger partial charge in [-0.25, -0.2) is 0 Å². The van der Waals surface area contributed by atoms with Gasteiger partial charge in [-0.15, -0.1) is 10.2 Å². The first-order chi connectivity index (χ1) is 8.25. The monoisotopic (exact) mass is 244 g/mol. The number of carbonyl (C=O) groups excluding carboxylic acids is 1. The van der Waals surface area contributed by atoms with Crippen molar-refractivity contribution in [3.63, 3.8) is 0 Å². The molecule has 0 spiro atoms. The van der Waals surface area contributed by atoms with E-state index in [1.54, 1.807) is 48.5 Å². The van der Waals surface area contributed by atoms with Gasteiger partial charge in [0.2, 0.25) is 0 Å². The van der Waals surface area contributed by atoms with Gasteiger partial charge < -0.3 is 0 Å². The molecule has 84 valence electrons. The highest BCUT2D eigenvalue weighted by Gasteiger charge is 2.01. The third-order valence-electron chi connectivity index (χ3n) is 2.10. The molecule has 0 fully saturated rings. The quantitative estimate of drug-likeness (QED) is 0.728. The van der Waals surface area contributed by atoms with Crippen LogP contribution in [0.2, 0.25) is 5.02 Å². The van der Waals surface area contributed by atoms with Gasteiger partial charge in [-0.1, -0.05) is 29.8 Å². The van der Waals surface area contributed by atoms with Gasteiger partial charge in [0, 0.05) is 10.6 Å². The maximum Gasteiger partial charge on any atom is 0.295 e. The molecule has 2 rings (SSSR count). The molecule has 0 aliphatic carbocycles. The molecule has 0 bridgehead atoms. The number of azo groups is 1. The van der Waals surface area contributed by atoms with Crippen molar-refractivity contribution in [2.75, 3.05) is 0 Å². The Balaban J connectivity index is 2.11. The zero-order chi connectivity index (χ0) is 12.1. The van der Waals surface area contributed by atoms with Gasteiger partial charge in [0.15, 0.2) is 0 Å². The smallest absolute Gasteiger partial charge is 0.265 e. The van der Waals surface area contributed by atoms with Crippen LogP contribution in [0.15, 0.2) is 64.8 Å². The van der Waals surface area contributed by atoms with Crippen molar-refractivity contribution >= 4 is 23.2 Å². The van der Waals surface area contributed by atoms with E-state index < -0.39 is 0 Å². The van der Waals surface area contributed by atoms with Gasteiger partial charge in [-0.2, -0.15) is 0 Å². The standard InChI is InChI=1S/C13H9ClN2O/c14-11-6-8-12(9-7-11)15-16-13(17)10-4-2-1-3-5-10/h1-9H. The summed E-state index contributed by atoms with van der Waals surface area (Å²) in [6.07, 6.45) is 0. The predicted octanol–water partition coefficient (Wildman–Crippen LogP) is 4.26. The summed E-state index contributed by atoms with van der Waals surface area (Å²) in [5.41, 5.74) is 1.11. The normalized spacial score (nSPS) is 10.6. The van der Waals surface area contributed by atoms with Crippen molar-refractivity contribution in [2.45, 2.75) is 0 Å². The molecule has 0 atom stereocenters. The Morgan fingerprint density at radius 3 is 2.24 bits per heavy atom. The van der Waals surface area contributed by atoms with Gasteiger partial charge in [0.25, 0.3) is 5.91 Å². The largest absolute Gasteiger partial charge is 0.295 e. The van der Waals surface area contributed by atoms with E-state index in [0.717, 1.165) is 0 Å². The average molecular weight is 245 g/mol. The Bertz CT molecular complexity index is 535. The topological polar surface area (TPSA) is 41.8 Å². The molecule has 3 nitrogen and oxygen atoms in total. The van der Waals surface area contributed by atoms with Crippen LogP contribution in [0, 0.1) is 0 Å². The Kier molecular flexibility index (Phi) is 3.62. The van der Waals surface area contributed by atoms with Crippen LogP contribution < -0.4 is 0 Å². The molecular formula is C13H9ClN2O. The van der Waals surface area contributed by atoms with E-state index in [0.29, 0.717) is 16.3 Å². The lowest BCUT2D eigenvalue weighted by Crippen LogP contribution is -1.91. The zero-order valence-electron chi connectivity index (χ0n) is 8.88. The van der Waals surface area contributed by atoms with Crippen molar-refractivity contribution in [3.05, 3.63) is 65.2 Å². The Labute approximate surface area is 104 Å². The fourth-order valence-corrected chi connectivity index (χ4v) is 1.38. The second kappa shape index (κ2) is 5.37. The number of benzene rings is 2. The predicted molar refractivity (Wildman–Crippen MR) is 66.7 cm³/mol. The van der Waals surface area contributed by atoms with E-state index in [-0.39, 0.29) is 5.91 Å². The summed E-state index contributed by atoms with van der Waals surface area (Å²) >= 11 is 5.73. The SMILES string of the molecule is O=C(N=Nc1ccc(Cl)cc1)c1ccccc1. The number of halogens is 1. The van der Waals surface area contributed by atoms with E-state index in [4.69, 9.17) is 11.6 Å². The third kappa shape index (κ3) is 3.23. The Hall–Kier alpha value is -2.00. The molecule has 0 aromatic heterocycles. The lowest BCUT2D eigenvalue weighted by atomic mass is 10.2. The molecule has 0 aliphatic heterocycles. The van der Waals surface area contributed by atoms with Gasteiger partial charge >= 0.3 is 0 Å². The molecule has 0 N–H and O–H groups in total. The van der Waals surface area contributed by atoms with Crippen molar-refractivity contribution in [1.29, 1.82) is 0 Å². The van der Waals surface area contributed by atoms with Gasteiger partial charge in [-0.3, -0.25) is 4.79 Å². The number of hydrogen-bond donors (Lipinski definition) is 0. The minimum atomic E-state index is -0.361. The molecule has 1 amide bonds. The lowest BCUT2D eigenvalue weighted by molar-refractivity contribution is 0.0995. The molecule has 0 heterocycles. The first-order valence-electron chi connectivity index (χ1n) is 5.02. The fourth-order valence-electron chi connectivity index (χ4n) is 1.25. The van der Waals surface area contributed by atoms with Crippen LogP contribution in [0.4, 0.5) is 5.69 Å². The second-order valence-electron chi connectivity index (χ2n) is 3.35. The lowest BCUT2D eigenvalue weighted by Gasteiger charge is -1.93. The number of nitrogens with zero attached hydrogens (tertiary/aromatic N) is 2. The van der Waals surface area contributed by atoms with E-state index in [1.165, 1.54) is 0 Å². The van der Waals surface area contributed by atoms with E-state index in [1.807, 2.05) is 6.07 Å². The van der Waals surface area contributed by atoms with Crippen LogP contribution >= 0.6 is 11.6 Å². The molecule has 17 heavy (non-hydrogen) atoms. The number of rotatable bonds is 2. The Morgan fingerprint density at radius 1 is 0.941 bits per heavy atom. The summed E-state index contributed by atoms with van der Waals surface area (Å²) in [7, 11) is 0. The first kappa shape index (κ1) is 11.5. The molecular weight excluding hydrogens is 236 g/mol. The van der Waals surface area contributed by atoms with Crippen LogP contribution in [-0.4, -0.2) is 5.91 Å². The van der Waals surface area contributed by atoms with E-state index in [2.05, 4.69) is 10.2 Å². The third-order valence-corrected chi connectivity index (χ3v) is 2.36. The minimum absolute atomic E-state index is 0.361. The minimum Gasteiger partial charge on any atom is -0.265 e. The number of hydrogen-bond acceptors (Lipinski definition) is 2. The fraction of sp³-hybridized carbons (Fsp3) is 0. The van der Waals surface area contributed by atoms with Crippen LogP contribution in [0.25, 0.3) is 0 Å². The summed E-state index contributed by atoms with van der Waals surface area (Å²) in [4.78, 5) is 11.6. The van der Waals surface area contributed by atoms with Gasteiger partial charge in [-0.05, 0) is 36.4 Å². The van der Waals surface area contributed by atoms with Crippen molar-refractivity contribution in [2.24, 2.45) is 10.2 Å². The Morgan fingerprint density at radius 2 is 1.59 bits per heavy atom. The van der Waals surface area contributed by atoms with E-state index in [9.17, 15) is 4.79 Å². The molecule has 2 aromatic carbocycles. The molecule has 0 radical (unpaired) electrons. The van der Waals surface area contributed by atoms with Crippen LogP contribution in [0.5, 0.6) is 0 Å². The highest BCUT2D eigenvalue weighted by molar-refractivity contribution is 6.30. The maximum atomic E-state index is 11.6.